The summed E-state index contributed by atoms with van der Waals surface area (Å²) in [6.45, 7) is 2.79. The molecule has 4 rings (SSSR count). The number of hydrogen-bond acceptors (Lipinski definition) is 2. The molecule has 1 saturated heterocycles. The summed E-state index contributed by atoms with van der Waals surface area (Å²) in [5.41, 5.74) is 3.95. The molecule has 1 aromatic heterocycles. The summed E-state index contributed by atoms with van der Waals surface area (Å²) in [5.74, 6) is 0.629. The third kappa shape index (κ3) is 3.14. The third-order valence-corrected chi connectivity index (χ3v) is 4.81. The molecule has 1 amide bonds. The van der Waals surface area contributed by atoms with Gasteiger partial charge in [0.1, 0.15) is 11.6 Å². The summed E-state index contributed by atoms with van der Waals surface area (Å²) < 4.78 is 13.0. The minimum Gasteiger partial charge on any atom is -0.340 e. The molecular weight excluding hydrogens is 317 g/mol. The largest absolute Gasteiger partial charge is 0.340 e. The van der Waals surface area contributed by atoms with E-state index in [4.69, 9.17) is 0 Å². The minimum atomic E-state index is -0.284. The van der Waals surface area contributed by atoms with Gasteiger partial charge in [0, 0.05) is 6.54 Å². The van der Waals surface area contributed by atoms with Gasteiger partial charge in [0.2, 0.25) is 5.91 Å². The topological polar surface area (TPSA) is 49.0 Å². The van der Waals surface area contributed by atoms with Gasteiger partial charge in [-0.1, -0.05) is 18.2 Å². The van der Waals surface area contributed by atoms with E-state index in [1.807, 2.05) is 24.0 Å². The Morgan fingerprint density at radius 2 is 2.08 bits per heavy atom. The SMILES string of the molecule is Cc1ccc2nc([C@@H]3CCCN3C(=O)Cc3ccc(F)cc3)[nH]c2c1. The summed E-state index contributed by atoms with van der Waals surface area (Å²) in [6, 6.07) is 12.2. The second-order valence-corrected chi connectivity index (χ2v) is 6.69. The molecule has 25 heavy (non-hydrogen) atoms. The van der Waals surface area contributed by atoms with Gasteiger partial charge in [0.05, 0.1) is 23.5 Å². The number of benzene rings is 2. The van der Waals surface area contributed by atoms with Gasteiger partial charge >= 0.3 is 0 Å². The number of amides is 1. The van der Waals surface area contributed by atoms with Crippen LogP contribution in [0.5, 0.6) is 0 Å². The fourth-order valence-corrected chi connectivity index (χ4v) is 3.53. The molecule has 0 bridgehead atoms. The summed E-state index contributed by atoms with van der Waals surface area (Å²) in [7, 11) is 0. The number of nitrogens with zero attached hydrogens (tertiary/aromatic N) is 2. The quantitative estimate of drug-likeness (QED) is 0.787. The van der Waals surface area contributed by atoms with Crippen molar-refractivity contribution in [2.24, 2.45) is 0 Å². The van der Waals surface area contributed by atoms with E-state index in [1.165, 1.54) is 17.7 Å². The van der Waals surface area contributed by atoms with Gasteiger partial charge in [-0.3, -0.25) is 4.79 Å². The Morgan fingerprint density at radius 1 is 1.28 bits per heavy atom. The highest BCUT2D eigenvalue weighted by atomic mass is 19.1. The Morgan fingerprint density at radius 3 is 2.88 bits per heavy atom. The van der Waals surface area contributed by atoms with E-state index in [2.05, 4.69) is 16.0 Å². The van der Waals surface area contributed by atoms with Crippen molar-refractivity contribution in [3.05, 3.63) is 65.2 Å². The predicted molar refractivity (Wildman–Crippen MR) is 94.6 cm³/mol. The van der Waals surface area contributed by atoms with Crippen molar-refractivity contribution < 1.29 is 9.18 Å². The van der Waals surface area contributed by atoms with Crippen LogP contribution in [-0.2, 0) is 11.2 Å². The fourth-order valence-electron chi connectivity index (χ4n) is 3.53. The number of halogens is 1. The van der Waals surface area contributed by atoms with Crippen molar-refractivity contribution in [3.8, 4) is 0 Å². The van der Waals surface area contributed by atoms with Crippen LogP contribution < -0.4 is 0 Å². The van der Waals surface area contributed by atoms with Gasteiger partial charge in [-0.15, -0.1) is 0 Å². The molecule has 0 saturated carbocycles. The summed E-state index contributed by atoms with van der Waals surface area (Å²) in [5, 5.41) is 0. The predicted octanol–water partition coefficient (Wildman–Crippen LogP) is 3.92. The van der Waals surface area contributed by atoms with Crippen molar-refractivity contribution in [2.75, 3.05) is 6.54 Å². The maximum Gasteiger partial charge on any atom is 0.227 e. The van der Waals surface area contributed by atoms with Gasteiger partial charge in [-0.05, 0) is 55.2 Å². The van der Waals surface area contributed by atoms with Crippen LogP contribution >= 0.6 is 0 Å². The Balaban J connectivity index is 1.56. The molecule has 1 atom stereocenters. The van der Waals surface area contributed by atoms with Gasteiger partial charge < -0.3 is 9.88 Å². The maximum atomic E-state index is 13.0. The third-order valence-electron chi connectivity index (χ3n) is 4.81. The molecule has 3 aromatic rings. The molecule has 0 spiro atoms. The lowest BCUT2D eigenvalue weighted by Gasteiger charge is -2.23. The Hall–Kier alpha value is -2.69. The fraction of sp³-hybridized carbons (Fsp3) is 0.300. The number of fused-ring (bicyclic) bond motifs is 1. The van der Waals surface area contributed by atoms with E-state index >= 15 is 0 Å². The molecule has 4 nitrogen and oxygen atoms in total. The number of nitrogens with one attached hydrogen (secondary N) is 1. The first kappa shape index (κ1) is 15.8. The second kappa shape index (κ2) is 6.31. The number of imidazole rings is 1. The molecular formula is C20H20FN3O. The zero-order chi connectivity index (χ0) is 17.4. The molecule has 5 heteroatoms. The number of likely N-dealkylation sites (tertiary alicyclic amines) is 1. The van der Waals surface area contributed by atoms with E-state index in [0.717, 1.165) is 41.8 Å². The molecule has 128 valence electrons. The zero-order valence-electron chi connectivity index (χ0n) is 14.1. The molecule has 1 aliphatic heterocycles. The summed E-state index contributed by atoms with van der Waals surface area (Å²) >= 11 is 0. The standard InChI is InChI=1S/C20H20FN3O/c1-13-4-9-16-17(11-13)23-20(22-16)18-3-2-10-24(18)19(25)12-14-5-7-15(21)8-6-14/h4-9,11,18H,2-3,10,12H2,1H3,(H,22,23)/t18-/m0/s1. The highest BCUT2D eigenvalue weighted by Crippen LogP contribution is 2.32. The number of carbonyl (C=O) groups excluding carboxylic acids is 1. The maximum absolute atomic E-state index is 13.0. The number of hydrogen-bond donors (Lipinski definition) is 1. The van der Waals surface area contributed by atoms with Crippen LogP contribution in [-0.4, -0.2) is 27.3 Å². The van der Waals surface area contributed by atoms with E-state index in [0.29, 0.717) is 0 Å². The average molecular weight is 337 g/mol. The Bertz CT molecular complexity index is 916. The monoisotopic (exact) mass is 337 g/mol. The molecule has 0 unspecified atom stereocenters. The summed E-state index contributed by atoms with van der Waals surface area (Å²) in [4.78, 5) is 22.7. The molecule has 2 heterocycles. The molecule has 0 radical (unpaired) electrons. The first-order valence-corrected chi connectivity index (χ1v) is 8.60. The van der Waals surface area contributed by atoms with Crippen LogP contribution in [0.1, 0.15) is 35.8 Å². The van der Waals surface area contributed by atoms with Crippen molar-refractivity contribution in [1.82, 2.24) is 14.9 Å². The number of aromatic nitrogens is 2. The summed E-state index contributed by atoms with van der Waals surface area (Å²) in [6.07, 6.45) is 2.17. The smallest absolute Gasteiger partial charge is 0.227 e. The van der Waals surface area contributed by atoms with Crippen LogP contribution in [0.15, 0.2) is 42.5 Å². The lowest BCUT2D eigenvalue weighted by Crippen LogP contribution is -2.32. The van der Waals surface area contributed by atoms with E-state index in [9.17, 15) is 9.18 Å². The van der Waals surface area contributed by atoms with Crippen LogP contribution in [0, 0.1) is 12.7 Å². The molecule has 0 aliphatic carbocycles. The van der Waals surface area contributed by atoms with Crippen molar-refractivity contribution in [2.45, 2.75) is 32.2 Å². The van der Waals surface area contributed by atoms with Gasteiger partial charge in [-0.25, -0.2) is 9.37 Å². The van der Waals surface area contributed by atoms with Gasteiger partial charge in [-0.2, -0.15) is 0 Å². The Kier molecular flexibility index (Phi) is 3.99. The number of aromatic amines is 1. The van der Waals surface area contributed by atoms with Crippen molar-refractivity contribution >= 4 is 16.9 Å². The second-order valence-electron chi connectivity index (χ2n) is 6.69. The molecule has 2 aromatic carbocycles. The first-order chi connectivity index (χ1) is 12.1. The van der Waals surface area contributed by atoms with Crippen LogP contribution in [0.3, 0.4) is 0 Å². The number of carbonyl (C=O) groups is 1. The molecule has 1 aliphatic rings. The molecule has 1 N–H and O–H groups in total. The first-order valence-electron chi connectivity index (χ1n) is 8.60. The molecule has 1 fully saturated rings. The lowest BCUT2D eigenvalue weighted by atomic mass is 10.1. The van der Waals surface area contributed by atoms with E-state index in [1.54, 1.807) is 12.1 Å². The minimum absolute atomic E-state index is 0.0133. The van der Waals surface area contributed by atoms with E-state index in [-0.39, 0.29) is 24.2 Å². The van der Waals surface area contributed by atoms with E-state index < -0.39 is 0 Å². The Labute approximate surface area is 145 Å². The van der Waals surface area contributed by atoms with Crippen LogP contribution in [0.2, 0.25) is 0 Å². The van der Waals surface area contributed by atoms with Crippen molar-refractivity contribution in [3.63, 3.8) is 0 Å². The average Bonchev–Trinajstić information content (AvgIpc) is 3.22. The van der Waals surface area contributed by atoms with Gasteiger partial charge in [0.15, 0.2) is 0 Å². The lowest BCUT2D eigenvalue weighted by molar-refractivity contribution is -0.131. The zero-order valence-corrected chi connectivity index (χ0v) is 14.1. The number of aryl methyl sites for hydroxylation is 1. The highest BCUT2D eigenvalue weighted by molar-refractivity contribution is 5.80. The number of H-pyrrole nitrogens is 1. The normalized spacial score (nSPS) is 17.4. The van der Waals surface area contributed by atoms with Crippen LogP contribution in [0.25, 0.3) is 11.0 Å². The van der Waals surface area contributed by atoms with Crippen molar-refractivity contribution in [1.29, 1.82) is 0 Å². The van der Waals surface area contributed by atoms with Gasteiger partial charge in [0.25, 0.3) is 0 Å². The van der Waals surface area contributed by atoms with Crippen LogP contribution in [0.4, 0.5) is 4.39 Å². The highest BCUT2D eigenvalue weighted by Gasteiger charge is 2.31. The number of rotatable bonds is 3.